The minimum absolute atomic E-state index is 0.493. The summed E-state index contributed by atoms with van der Waals surface area (Å²) in [5, 5.41) is 13.0. The molecule has 0 fully saturated rings. The van der Waals surface area contributed by atoms with E-state index in [1.807, 2.05) is 42.5 Å². The number of hydrogen-bond donors (Lipinski definition) is 1. The van der Waals surface area contributed by atoms with E-state index in [1.54, 1.807) is 6.07 Å². The molecule has 1 aromatic heterocycles. The largest absolute Gasteiger partial charge is 0.387 e. The first-order valence-corrected chi connectivity index (χ1v) is 10.5. The second kappa shape index (κ2) is 9.71. The Morgan fingerprint density at radius 3 is 2.32 bits per heavy atom. The van der Waals surface area contributed by atoms with Gasteiger partial charge in [0.25, 0.3) is 0 Å². The summed E-state index contributed by atoms with van der Waals surface area (Å²) in [6.45, 7) is 6.80. The van der Waals surface area contributed by atoms with Crippen LogP contribution in [0.25, 0.3) is 22.2 Å². The predicted molar refractivity (Wildman–Crippen MR) is 119 cm³/mol. The number of nitrogens with zero attached hydrogens (tertiary/aromatic N) is 2. The van der Waals surface area contributed by atoms with E-state index >= 15 is 0 Å². The maximum atomic E-state index is 11.1. The quantitative estimate of drug-likeness (QED) is 0.463. The zero-order valence-electron chi connectivity index (χ0n) is 16.3. The highest BCUT2D eigenvalue weighted by Crippen LogP contribution is 2.34. The summed E-state index contributed by atoms with van der Waals surface area (Å²) in [5.41, 5.74) is 3.26. The lowest BCUT2D eigenvalue weighted by Crippen LogP contribution is -2.30. The van der Waals surface area contributed by atoms with Gasteiger partial charge in [0.2, 0.25) is 0 Å². The molecule has 3 aromatic rings. The van der Waals surface area contributed by atoms with Gasteiger partial charge in [-0.3, -0.25) is 0 Å². The zero-order valence-corrected chi connectivity index (χ0v) is 17.8. The number of benzene rings is 2. The summed E-state index contributed by atoms with van der Waals surface area (Å²) in [6, 6.07) is 15.4. The van der Waals surface area contributed by atoms with Crippen LogP contribution >= 0.6 is 23.2 Å². The Kier molecular flexibility index (Phi) is 7.30. The number of hydrogen-bond acceptors (Lipinski definition) is 3. The van der Waals surface area contributed by atoms with Crippen molar-refractivity contribution < 1.29 is 5.11 Å². The molecule has 1 atom stereocenters. The maximum absolute atomic E-state index is 11.1. The summed E-state index contributed by atoms with van der Waals surface area (Å²) < 4.78 is 0. The van der Waals surface area contributed by atoms with Crippen LogP contribution in [0.15, 0.2) is 48.5 Å². The van der Waals surface area contributed by atoms with Crippen LogP contribution < -0.4 is 0 Å². The van der Waals surface area contributed by atoms with Crippen molar-refractivity contribution in [2.75, 3.05) is 19.6 Å². The highest BCUT2D eigenvalue weighted by atomic mass is 35.5. The number of halogens is 2. The molecule has 1 heterocycles. The van der Waals surface area contributed by atoms with E-state index in [0.717, 1.165) is 48.1 Å². The van der Waals surface area contributed by atoms with Gasteiger partial charge in [0.05, 0.1) is 22.3 Å². The maximum Gasteiger partial charge on any atom is 0.0924 e. The lowest BCUT2D eigenvalue weighted by Gasteiger charge is -2.25. The Morgan fingerprint density at radius 2 is 1.68 bits per heavy atom. The first kappa shape index (κ1) is 21.1. The van der Waals surface area contributed by atoms with Gasteiger partial charge in [0.15, 0.2) is 0 Å². The summed E-state index contributed by atoms with van der Waals surface area (Å²) in [7, 11) is 0. The molecule has 148 valence electrons. The van der Waals surface area contributed by atoms with Crippen LogP contribution in [0.3, 0.4) is 0 Å². The fraction of sp³-hybridized carbons (Fsp3) is 0.348. The molecule has 0 aliphatic carbocycles. The molecule has 0 bridgehead atoms. The van der Waals surface area contributed by atoms with E-state index in [2.05, 4.69) is 18.7 Å². The van der Waals surface area contributed by atoms with Crippen LogP contribution in [0.5, 0.6) is 0 Å². The van der Waals surface area contributed by atoms with E-state index in [0.29, 0.717) is 22.1 Å². The van der Waals surface area contributed by atoms with Crippen LogP contribution in [0, 0.1) is 0 Å². The monoisotopic (exact) mass is 416 g/mol. The van der Waals surface area contributed by atoms with Gasteiger partial charge >= 0.3 is 0 Å². The second-order valence-corrected chi connectivity index (χ2v) is 7.91. The van der Waals surface area contributed by atoms with Crippen molar-refractivity contribution in [1.29, 1.82) is 0 Å². The highest BCUT2D eigenvalue weighted by molar-refractivity contribution is 6.38. The lowest BCUT2D eigenvalue weighted by molar-refractivity contribution is 0.114. The molecular formula is C23H26Cl2N2O. The highest BCUT2D eigenvalue weighted by Gasteiger charge is 2.19. The van der Waals surface area contributed by atoms with Crippen molar-refractivity contribution in [1.82, 2.24) is 9.88 Å². The molecular weight excluding hydrogens is 391 g/mol. The van der Waals surface area contributed by atoms with Gasteiger partial charge in [-0.05, 0) is 49.7 Å². The standard InChI is InChI=1S/C23H26Cl2N2O/c1-3-10-27(11-4-2)15-22(28)18-14-21(16-8-6-5-7-9-16)26-23-19(18)12-17(24)13-20(23)25/h5-9,12-14,22,28H,3-4,10-11,15H2,1-2H3/t22-/m0/s1. The van der Waals surface area contributed by atoms with Crippen molar-refractivity contribution in [3.8, 4) is 11.3 Å². The number of pyridine rings is 1. The number of rotatable bonds is 8. The van der Waals surface area contributed by atoms with E-state index in [9.17, 15) is 5.11 Å². The number of aliphatic hydroxyl groups excluding tert-OH is 1. The molecule has 28 heavy (non-hydrogen) atoms. The summed E-state index contributed by atoms with van der Waals surface area (Å²) in [6.07, 6.45) is 1.45. The summed E-state index contributed by atoms with van der Waals surface area (Å²) in [5.74, 6) is 0. The molecule has 0 saturated carbocycles. The Labute approximate surface area is 176 Å². The third-order valence-electron chi connectivity index (χ3n) is 4.80. The molecule has 0 aliphatic heterocycles. The first-order chi connectivity index (χ1) is 13.5. The minimum atomic E-state index is -0.652. The number of fused-ring (bicyclic) bond motifs is 1. The molecule has 0 spiro atoms. The Morgan fingerprint density at radius 1 is 1.00 bits per heavy atom. The molecule has 3 nitrogen and oxygen atoms in total. The smallest absolute Gasteiger partial charge is 0.0924 e. The zero-order chi connectivity index (χ0) is 20.1. The topological polar surface area (TPSA) is 36.4 Å². The van der Waals surface area contributed by atoms with Crippen LogP contribution in [0.1, 0.15) is 38.4 Å². The van der Waals surface area contributed by atoms with Crippen molar-refractivity contribution >= 4 is 34.1 Å². The molecule has 0 radical (unpaired) electrons. The van der Waals surface area contributed by atoms with Crippen LogP contribution in [0.4, 0.5) is 0 Å². The number of aromatic nitrogens is 1. The van der Waals surface area contributed by atoms with Crippen molar-refractivity contribution in [3.63, 3.8) is 0 Å². The van der Waals surface area contributed by atoms with Crippen molar-refractivity contribution in [2.45, 2.75) is 32.8 Å². The molecule has 5 heteroatoms. The van der Waals surface area contributed by atoms with Gasteiger partial charge in [-0.15, -0.1) is 0 Å². The third-order valence-corrected chi connectivity index (χ3v) is 5.31. The fourth-order valence-electron chi connectivity index (χ4n) is 3.58. The minimum Gasteiger partial charge on any atom is -0.387 e. The SMILES string of the molecule is CCCN(CCC)C[C@H](O)c1cc(-c2ccccc2)nc2c(Cl)cc(Cl)cc12. The Bertz CT molecular complexity index is 925. The fourth-order valence-corrected chi connectivity index (χ4v) is 4.12. The first-order valence-electron chi connectivity index (χ1n) is 9.79. The summed E-state index contributed by atoms with van der Waals surface area (Å²) in [4.78, 5) is 7.06. The molecule has 0 aliphatic rings. The second-order valence-electron chi connectivity index (χ2n) is 7.06. The van der Waals surface area contributed by atoms with Gasteiger partial charge in [-0.1, -0.05) is 67.4 Å². The number of aliphatic hydroxyl groups is 1. The molecule has 0 unspecified atom stereocenters. The third kappa shape index (κ3) is 4.84. The van der Waals surface area contributed by atoms with E-state index < -0.39 is 6.10 Å². The molecule has 1 N–H and O–H groups in total. The van der Waals surface area contributed by atoms with E-state index in [1.165, 1.54) is 0 Å². The lowest BCUT2D eigenvalue weighted by atomic mass is 9.99. The molecule has 2 aromatic carbocycles. The van der Waals surface area contributed by atoms with Gasteiger partial charge in [0, 0.05) is 22.5 Å². The summed E-state index contributed by atoms with van der Waals surface area (Å²) >= 11 is 12.7. The van der Waals surface area contributed by atoms with Gasteiger partial charge in [-0.25, -0.2) is 4.98 Å². The molecule has 0 amide bonds. The average molecular weight is 417 g/mol. The van der Waals surface area contributed by atoms with Crippen LogP contribution in [-0.4, -0.2) is 34.6 Å². The van der Waals surface area contributed by atoms with Gasteiger partial charge < -0.3 is 10.0 Å². The van der Waals surface area contributed by atoms with Crippen molar-refractivity contribution in [3.05, 3.63) is 64.1 Å². The van der Waals surface area contributed by atoms with Crippen LogP contribution in [-0.2, 0) is 0 Å². The molecule has 3 rings (SSSR count). The van der Waals surface area contributed by atoms with Gasteiger partial charge in [0.1, 0.15) is 0 Å². The van der Waals surface area contributed by atoms with Crippen LogP contribution in [0.2, 0.25) is 10.0 Å². The Hall–Kier alpha value is -1.65. The normalized spacial score (nSPS) is 12.6. The van der Waals surface area contributed by atoms with E-state index in [-0.39, 0.29) is 0 Å². The predicted octanol–water partition coefficient (Wildman–Crippen LogP) is 6.36. The average Bonchev–Trinajstić information content (AvgIpc) is 2.68. The van der Waals surface area contributed by atoms with Gasteiger partial charge in [-0.2, -0.15) is 0 Å². The van der Waals surface area contributed by atoms with Crippen molar-refractivity contribution in [2.24, 2.45) is 0 Å². The molecule has 0 saturated heterocycles. The van der Waals surface area contributed by atoms with E-state index in [4.69, 9.17) is 28.2 Å². The Balaban J connectivity index is 2.10.